The lowest BCUT2D eigenvalue weighted by Gasteiger charge is -2.07. The van der Waals surface area contributed by atoms with Gasteiger partial charge in [0.2, 0.25) is 0 Å². The van der Waals surface area contributed by atoms with E-state index in [4.69, 9.17) is 0 Å². The molecule has 0 aliphatic carbocycles. The Balaban J connectivity index is 2.25. The molecule has 0 amide bonds. The topological polar surface area (TPSA) is 71.1 Å². The highest BCUT2D eigenvalue weighted by molar-refractivity contribution is 9.10. The van der Waals surface area contributed by atoms with Crippen molar-refractivity contribution in [3.63, 3.8) is 0 Å². The fourth-order valence-corrected chi connectivity index (χ4v) is 4.21. The van der Waals surface area contributed by atoms with E-state index in [0.717, 1.165) is 5.56 Å². The number of aromatic nitrogens is 1. The van der Waals surface area contributed by atoms with Gasteiger partial charge in [0.15, 0.2) is 0 Å². The van der Waals surface area contributed by atoms with Crippen LogP contribution in [0.5, 0.6) is 0 Å². The number of nitrogens with zero attached hydrogens (tertiary/aromatic N) is 1. The van der Waals surface area contributed by atoms with E-state index in [0.29, 0.717) is 20.9 Å². The number of pyridine rings is 1. The van der Waals surface area contributed by atoms with E-state index in [1.165, 1.54) is 17.5 Å². The lowest BCUT2D eigenvalue weighted by atomic mass is 10.3. The van der Waals surface area contributed by atoms with E-state index in [1.807, 2.05) is 12.4 Å². The summed E-state index contributed by atoms with van der Waals surface area (Å²) in [6.45, 7) is 0.644. The van der Waals surface area contributed by atoms with Crippen molar-refractivity contribution < 1.29 is 8.42 Å². The number of hydrogen-bond acceptors (Lipinski definition) is 5. The number of anilines is 1. The maximum atomic E-state index is 12.2. The lowest BCUT2D eigenvalue weighted by Crippen LogP contribution is -2.12. The zero-order valence-corrected chi connectivity index (χ0v) is 13.3. The van der Waals surface area contributed by atoms with Crippen LogP contribution in [-0.2, 0) is 16.6 Å². The van der Waals surface area contributed by atoms with Crippen molar-refractivity contribution in [3.8, 4) is 0 Å². The molecule has 0 bridgehead atoms. The largest absolute Gasteiger partial charge is 0.316 e. The molecule has 2 aromatic heterocycles. The fourth-order valence-electron chi connectivity index (χ4n) is 1.44. The summed E-state index contributed by atoms with van der Waals surface area (Å²) in [5, 5.41) is 4.81. The maximum absolute atomic E-state index is 12.2. The second-order valence-electron chi connectivity index (χ2n) is 3.77. The first-order valence-corrected chi connectivity index (χ1v) is 8.53. The number of nitrogens with one attached hydrogen (secondary N) is 2. The molecule has 2 heterocycles. The van der Waals surface area contributed by atoms with Gasteiger partial charge in [0.05, 0.1) is 10.2 Å². The number of hydrogen-bond donors (Lipinski definition) is 2. The van der Waals surface area contributed by atoms with Crippen molar-refractivity contribution in [2.45, 2.75) is 10.8 Å². The molecule has 102 valence electrons. The Morgan fingerprint density at radius 2 is 2.26 bits per heavy atom. The van der Waals surface area contributed by atoms with Crippen LogP contribution < -0.4 is 10.0 Å². The predicted molar refractivity (Wildman–Crippen MR) is 79.8 cm³/mol. The molecule has 0 aliphatic heterocycles. The Morgan fingerprint density at radius 3 is 2.95 bits per heavy atom. The van der Waals surface area contributed by atoms with Gasteiger partial charge in [0.1, 0.15) is 4.21 Å². The fraction of sp³-hybridized carbons (Fsp3) is 0.182. The first kappa shape index (κ1) is 14.4. The Bertz CT molecular complexity index is 670. The molecule has 0 atom stereocenters. The second-order valence-corrected chi connectivity index (χ2v) is 7.44. The van der Waals surface area contributed by atoms with Gasteiger partial charge in [-0.15, -0.1) is 11.3 Å². The summed E-state index contributed by atoms with van der Waals surface area (Å²) in [6, 6.07) is 3.27. The predicted octanol–water partition coefficient (Wildman–Crippen LogP) is 2.43. The summed E-state index contributed by atoms with van der Waals surface area (Å²) in [7, 11) is -1.73. The van der Waals surface area contributed by atoms with Gasteiger partial charge >= 0.3 is 0 Å². The van der Waals surface area contributed by atoms with E-state index in [9.17, 15) is 8.42 Å². The molecular formula is C11H12BrN3O2S2. The van der Waals surface area contributed by atoms with Crippen LogP contribution in [0.4, 0.5) is 5.69 Å². The minimum absolute atomic E-state index is 0.293. The minimum Gasteiger partial charge on any atom is -0.316 e. The van der Waals surface area contributed by atoms with Crippen molar-refractivity contribution >= 4 is 43.0 Å². The molecule has 0 unspecified atom stereocenters. The van der Waals surface area contributed by atoms with Crippen LogP contribution in [0.3, 0.4) is 0 Å². The van der Waals surface area contributed by atoms with Crippen LogP contribution in [0.2, 0.25) is 0 Å². The van der Waals surface area contributed by atoms with E-state index in [2.05, 4.69) is 31.0 Å². The molecular weight excluding hydrogens is 350 g/mol. The third-order valence-corrected chi connectivity index (χ3v) is 5.78. The summed E-state index contributed by atoms with van der Waals surface area (Å²) in [4.78, 5) is 3.89. The molecule has 2 aromatic rings. The van der Waals surface area contributed by atoms with E-state index >= 15 is 0 Å². The highest BCUT2D eigenvalue weighted by Gasteiger charge is 2.17. The highest BCUT2D eigenvalue weighted by atomic mass is 79.9. The lowest BCUT2D eigenvalue weighted by molar-refractivity contribution is 0.603. The Hall–Kier alpha value is -0.960. The third kappa shape index (κ3) is 3.53. The zero-order valence-electron chi connectivity index (χ0n) is 10.1. The van der Waals surface area contributed by atoms with Gasteiger partial charge in [-0.2, -0.15) is 0 Å². The van der Waals surface area contributed by atoms with Gasteiger partial charge < -0.3 is 5.32 Å². The number of sulfonamides is 1. The summed E-state index contributed by atoms with van der Waals surface area (Å²) in [6.07, 6.45) is 3.07. The summed E-state index contributed by atoms with van der Waals surface area (Å²) >= 11 is 4.46. The molecule has 0 saturated carbocycles. The number of rotatable bonds is 5. The molecule has 2 rings (SSSR count). The molecule has 0 radical (unpaired) electrons. The Labute approximate surface area is 124 Å². The van der Waals surface area contributed by atoms with Gasteiger partial charge in [-0.05, 0) is 46.1 Å². The summed E-state index contributed by atoms with van der Waals surface area (Å²) in [5.74, 6) is 0. The van der Waals surface area contributed by atoms with E-state index in [-0.39, 0.29) is 0 Å². The SMILES string of the molecule is CNCc1csc(S(=O)(=O)Nc2ccncc2Br)c1. The van der Waals surface area contributed by atoms with Gasteiger partial charge in [-0.3, -0.25) is 9.71 Å². The average molecular weight is 362 g/mol. The first-order chi connectivity index (χ1) is 9.03. The van der Waals surface area contributed by atoms with Gasteiger partial charge in [-0.1, -0.05) is 0 Å². The van der Waals surface area contributed by atoms with Crippen molar-refractivity contribution in [1.82, 2.24) is 10.3 Å². The van der Waals surface area contributed by atoms with Crippen molar-refractivity contribution in [1.29, 1.82) is 0 Å². The standard InChI is InChI=1S/C11H12BrN3O2S2/c1-13-5-8-4-11(18-7-8)19(16,17)15-10-2-3-14-6-9(10)12/h2-4,6-7,13H,5H2,1H3,(H,14,15). The molecule has 2 N–H and O–H groups in total. The number of thiophene rings is 1. The normalized spacial score (nSPS) is 11.5. The van der Waals surface area contributed by atoms with Gasteiger partial charge in [0.25, 0.3) is 10.0 Å². The van der Waals surface area contributed by atoms with Crippen LogP contribution in [-0.4, -0.2) is 20.4 Å². The monoisotopic (exact) mass is 361 g/mol. The van der Waals surface area contributed by atoms with Crippen molar-refractivity contribution in [2.24, 2.45) is 0 Å². The van der Waals surface area contributed by atoms with Crippen molar-refractivity contribution in [3.05, 3.63) is 39.9 Å². The van der Waals surface area contributed by atoms with Crippen molar-refractivity contribution in [2.75, 3.05) is 11.8 Å². The number of halogens is 1. The Morgan fingerprint density at radius 1 is 1.47 bits per heavy atom. The molecule has 0 aromatic carbocycles. The van der Waals surface area contributed by atoms with Crippen LogP contribution in [0.15, 0.2) is 38.6 Å². The third-order valence-electron chi connectivity index (χ3n) is 2.29. The minimum atomic E-state index is -3.55. The molecule has 0 spiro atoms. The molecule has 0 aliphatic rings. The molecule has 8 heteroatoms. The van der Waals surface area contributed by atoms with Gasteiger partial charge in [0, 0.05) is 18.9 Å². The smallest absolute Gasteiger partial charge is 0.271 e. The van der Waals surface area contributed by atoms with Crippen LogP contribution in [0, 0.1) is 0 Å². The Kier molecular flexibility index (Phi) is 4.56. The van der Waals surface area contributed by atoms with Gasteiger partial charge in [-0.25, -0.2) is 8.42 Å². The van der Waals surface area contributed by atoms with Crippen LogP contribution >= 0.6 is 27.3 Å². The summed E-state index contributed by atoms with van der Waals surface area (Å²) in [5.41, 5.74) is 1.42. The van der Waals surface area contributed by atoms with Crippen LogP contribution in [0.1, 0.15) is 5.56 Å². The van der Waals surface area contributed by atoms with Crippen LogP contribution in [0.25, 0.3) is 0 Å². The molecule has 0 saturated heterocycles. The van der Waals surface area contributed by atoms with E-state index in [1.54, 1.807) is 18.3 Å². The average Bonchev–Trinajstić information content (AvgIpc) is 2.82. The zero-order chi connectivity index (χ0) is 13.9. The second kappa shape index (κ2) is 6.00. The quantitative estimate of drug-likeness (QED) is 0.857. The molecule has 0 fully saturated rings. The summed E-state index contributed by atoms with van der Waals surface area (Å²) < 4.78 is 27.8. The van der Waals surface area contributed by atoms with E-state index < -0.39 is 10.0 Å². The first-order valence-electron chi connectivity index (χ1n) is 5.37. The molecule has 19 heavy (non-hydrogen) atoms. The maximum Gasteiger partial charge on any atom is 0.271 e. The highest BCUT2D eigenvalue weighted by Crippen LogP contribution is 2.26. The molecule has 5 nitrogen and oxygen atoms in total.